The first kappa shape index (κ1) is 14.8. The molecule has 1 aromatic carbocycles. The van der Waals surface area contributed by atoms with Gasteiger partial charge < -0.3 is 15.2 Å². The Kier molecular flexibility index (Phi) is 5.00. The Morgan fingerprint density at radius 2 is 2.05 bits per heavy atom. The molecule has 1 heterocycles. The third-order valence-electron chi connectivity index (χ3n) is 2.50. The number of carbonyl (C=O) groups excluding carboxylic acids is 1. The van der Waals surface area contributed by atoms with Gasteiger partial charge in [0, 0.05) is 12.6 Å². The number of anilines is 1. The predicted molar refractivity (Wildman–Crippen MR) is 78.0 cm³/mol. The summed E-state index contributed by atoms with van der Waals surface area (Å²) in [4.78, 5) is 11.8. The molecule has 20 heavy (non-hydrogen) atoms. The van der Waals surface area contributed by atoms with Gasteiger partial charge in [0.05, 0.1) is 28.0 Å². The van der Waals surface area contributed by atoms with Crippen LogP contribution in [0.1, 0.15) is 11.5 Å². The summed E-state index contributed by atoms with van der Waals surface area (Å²) in [5.41, 5.74) is 1.16. The van der Waals surface area contributed by atoms with Crippen molar-refractivity contribution in [3.63, 3.8) is 0 Å². The first-order valence-corrected chi connectivity index (χ1v) is 6.68. The number of benzene rings is 1. The number of amides is 1. The Balaban J connectivity index is 1.84. The van der Waals surface area contributed by atoms with E-state index >= 15 is 0 Å². The van der Waals surface area contributed by atoms with Gasteiger partial charge in [-0.2, -0.15) is 0 Å². The van der Waals surface area contributed by atoms with Crippen LogP contribution in [-0.4, -0.2) is 17.6 Å². The summed E-state index contributed by atoms with van der Waals surface area (Å²) in [5.74, 6) is 0.495. The molecule has 0 radical (unpaired) electrons. The summed E-state index contributed by atoms with van der Waals surface area (Å²) in [6.07, 6.45) is 0. The van der Waals surface area contributed by atoms with Crippen molar-refractivity contribution in [3.8, 4) is 0 Å². The SMILES string of the molecule is Cc1cc(CNCC(=O)Nc2c(Cl)cccc2Cl)no1. The average molecular weight is 314 g/mol. The van der Waals surface area contributed by atoms with Crippen LogP contribution in [0, 0.1) is 6.92 Å². The van der Waals surface area contributed by atoms with E-state index in [9.17, 15) is 4.79 Å². The number of hydrogen-bond donors (Lipinski definition) is 2. The minimum absolute atomic E-state index is 0.119. The van der Waals surface area contributed by atoms with Gasteiger partial charge in [-0.25, -0.2) is 0 Å². The largest absolute Gasteiger partial charge is 0.361 e. The van der Waals surface area contributed by atoms with Gasteiger partial charge in [-0.15, -0.1) is 0 Å². The Bertz CT molecular complexity index is 593. The van der Waals surface area contributed by atoms with E-state index < -0.39 is 0 Å². The first-order valence-electron chi connectivity index (χ1n) is 5.93. The molecule has 0 saturated carbocycles. The highest BCUT2D eigenvalue weighted by Gasteiger charge is 2.09. The lowest BCUT2D eigenvalue weighted by atomic mass is 10.3. The predicted octanol–water partition coefficient (Wildman–Crippen LogP) is 3.02. The van der Waals surface area contributed by atoms with Gasteiger partial charge in [-0.05, 0) is 19.1 Å². The van der Waals surface area contributed by atoms with Crippen molar-refractivity contribution in [2.24, 2.45) is 0 Å². The van der Waals surface area contributed by atoms with Crippen LogP contribution in [0.25, 0.3) is 0 Å². The molecule has 0 fully saturated rings. The van der Waals surface area contributed by atoms with Gasteiger partial charge in [0.25, 0.3) is 0 Å². The molecule has 0 unspecified atom stereocenters. The fourth-order valence-electron chi connectivity index (χ4n) is 1.61. The van der Waals surface area contributed by atoms with Gasteiger partial charge >= 0.3 is 0 Å². The number of carbonyl (C=O) groups is 1. The Labute approximate surface area is 126 Å². The molecule has 1 amide bonds. The summed E-state index contributed by atoms with van der Waals surface area (Å²) in [5, 5.41) is 10.2. The van der Waals surface area contributed by atoms with Gasteiger partial charge in [-0.3, -0.25) is 4.79 Å². The van der Waals surface area contributed by atoms with Crippen molar-refractivity contribution in [3.05, 3.63) is 45.8 Å². The molecule has 0 bridgehead atoms. The fraction of sp³-hybridized carbons (Fsp3) is 0.231. The van der Waals surface area contributed by atoms with E-state index in [-0.39, 0.29) is 12.5 Å². The number of aromatic nitrogens is 1. The molecule has 0 aliphatic carbocycles. The Morgan fingerprint density at radius 1 is 1.35 bits per heavy atom. The third kappa shape index (κ3) is 3.96. The topological polar surface area (TPSA) is 67.2 Å². The highest BCUT2D eigenvalue weighted by Crippen LogP contribution is 2.29. The second kappa shape index (κ2) is 6.74. The van der Waals surface area contributed by atoms with Crippen LogP contribution in [-0.2, 0) is 11.3 Å². The third-order valence-corrected chi connectivity index (χ3v) is 3.13. The zero-order valence-corrected chi connectivity index (χ0v) is 12.3. The maximum Gasteiger partial charge on any atom is 0.238 e. The van der Waals surface area contributed by atoms with Gasteiger partial charge in [0.2, 0.25) is 5.91 Å². The Morgan fingerprint density at radius 3 is 2.65 bits per heavy atom. The number of halogens is 2. The van der Waals surface area contributed by atoms with Crippen molar-refractivity contribution in [2.75, 3.05) is 11.9 Å². The molecule has 2 rings (SSSR count). The monoisotopic (exact) mass is 313 g/mol. The van der Waals surface area contributed by atoms with E-state index in [4.69, 9.17) is 27.7 Å². The van der Waals surface area contributed by atoms with Crippen LogP contribution in [0.2, 0.25) is 10.0 Å². The van der Waals surface area contributed by atoms with Crippen molar-refractivity contribution < 1.29 is 9.32 Å². The lowest BCUT2D eigenvalue weighted by Crippen LogP contribution is -2.28. The maximum atomic E-state index is 11.8. The number of nitrogens with zero attached hydrogens (tertiary/aromatic N) is 1. The number of nitrogens with one attached hydrogen (secondary N) is 2. The van der Waals surface area contributed by atoms with E-state index in [0.717, 1.165) is 11.5 Å². The van der Waals surface area contributed by atoms with Gasteiger partial charge in [0.1, 0.15) is 5.76 Å². The van der Waals surface area contributed by atoms with Crippen molar-refractivity contribution in [1.29, 1.82) is 0 Å². The molecule has 2 aromatic rings. The zero-order valence-electron chi connectivity index (χ0n) is 10.7. The number of aryl methyl sites for hydroxylation is 1. The molecule has 5 nitrogen and oxygen atoms in total. The molecular formula is C13H13Cl2N3O2. The summed E-state index contributed by atoms with van der Waals surface area (Å²) < 4.78 is 4.92. The second-order valence-electron chi connectivity index (χ2n) is 4.18. The maximum absolute atomic E-state index is 11.8. The first-order chi connectivity index (χ1) is 9.56. The second-order valence-corrected chi connectivity index (χ2v) is 4.99. The van der Waals surface area contributed by atoms with Crippen LogP contribution < -0.4 is 10.6 Å². The number of hydrogen-bond acceptors (Lipinski definition) is 4. The summed E-state index contributed by atoms with van der Waals surface area (Å²) in [7, 11) is 0. The summed E-state index contributed by atoms with van der Waals surface area (Å²) >= 11 is 11.9. The summed E-state index contributed by atoms with van der Waals surface area (Å²) in [6.45, 7) is 2.37. The minimum Gasteiger partial charge on any atom is -0.361 e. The van der Waals surface area contributed by atoms with E-state index in [1.807, 2.05) is 6.92 Å². The van der Waals surface area contributed by atoms with Crippen LogP contribution in [0.3, 0.4) is 0 Å². The van der Waals surface area contributed by atoms with Gasteiger partial charge in [-0.1, -0.05) is 34.4 Å². The normalized spacial score (nSPS) is 10.6. The van der Waals surface area contributed by atoms with Crippen LogP contribution in [0.5, 0.6) is 0 Å². The lowest BCUT2D eigenvalue weighted by molar-refractivity contribution is -0.115. The van der Waals surface area contributed by atoms with E-state index in [0.29, 0.717) is 22.3 Å². The smallest absolute Gasteiger partial charge is 0.238 e. The molecule has 7 heteroatoms. The number of para-hydroxylation sites is 1. The van der Waals surface area contributed by atoms with Crippen LogP contribution in [0.4, 0.5) is 5.69 Å². The molecular weight excluding hydrogens is 301 g/mol. The molecule has 1 aromatic heterocycles. The standard InChI is InChI=1S/C13H13Cl2N3O2/c1-8-5-9(18-20-8)6-16-7-12(19)17-13-10(14)3-2-4-11(13)15/h2-5,16H,6-7H2,1H3,(H,17,19). The van der Waals surface area contributed by atoms with Crippen LogP contribution in [0.15, 0.2) is 28.8 Å². The summed E-state index contributed by atoms with van der Waals surface area (Å²) in [6, 6.07) is 6.84. The Hall–Kier alpha value is -1.56. The molecule has 0 saturated heterocycles. The molecule has 0 aliphatic heterocycles. The van der Waals surface area contributed by atoms with E-state index in [2.05, 4.69) is 15.8 Å². The molecule has 2 N–H and O–H groups in total. The molecule has 106 valence electrons. The highest BCUT2D eigenvalue weighted by atomic mass is 35.5. The lowest BCUT2D eigenvalue weighted by Gasteiger charge is -2.09. The quantitative estimate of drug-likeness (QED) is 0.890. The van der Waals surface area contributed by atoms with E-state index in [1.165, 1.54) is 0 Å². The van der Waals surface area contributed by atoms with Crippen molar-refractivity contribution in [1.82, 2.24) is 10.5 Å². The van der Waals surface area contributed by atoms with Crippen molar-refractivity contribution in [2.45, 2.75) is 13.5 Å². The minimum atomic E-state index is -0.236. The van der Waals surface area contributed by atoms with Gasteiger partial charge in [0.15, 0.2) is 0 Å². The van der Waals surface area contributed by atoms with E-state index in [1.54, 1.807) is 24.3 Å². The molecule has 0 aliphatic rings. The molecule has 0 atom stereocenters. The number of rotatable bonds is 5. The average Bonchev–Trinajstić information content (AvgIpc) is 2.80. The van der Waals surface area contributed by atoms with Crippen LogP contribution >= 0.6 is 23.2 Å². The van der Waals surface area contributed by atoms with Crippen molar-refractivity contribution >= 4 is 34.8 Å². The zero-order chi connectivity index (χ0) is 14.5. The fourth-order valence-corrected chi connectivity index (χ4v) is 2.10. The molecule has 0 spiro atoms. The highest BCUT2D eigenvalue weighted by molar-refractivity contribution is 6.39.